The Hall–Kier alpha value is -5.32. The van der Waals surface area contributed by atoms with Gasteiger partial charge in [-0.3, -0.25) is 28.7 Å². The van der Waals surface area contributed by atoms with Gasteiger partial charge in [-0.25, -0.2) is 9.59 Å². The Balaban J connectivity index is 1.15. The van der Waals surface area contributed by atoms with Crippen molar-refractivity contribution in [3.8, 4) is 5.75 Å². The molecule has 7 atom stereocenters. The van der Waals surface area contributed by atoms with Crippen LogP contribution in [0.4, 0.5) is 0 Å². The first-order chi connectivity index (χ1) is 27.5. The Bertz CT molecular complexity index is 2390. The molecule has 3 aromatic carbocycles. The number of hydrogen-bond donors (Lipinski definition) is 3. The topological polar surface area (TPSA) is 202 Å². The molecule has 2 aliphatic rings. The smallest absolute Gasteiger partial charge is 0.497 e. The van der Waals surface area contributed by atoms with Crippen LogP contribution in [-0.4, -0.2) is 68.9 Å². The van der Waals surface area contributed by atoms with Crippen molar-refractivity contribution in [1.29, 1.82) is 0 Å². The standard InChI is InChI=1S/C40H41N4O12P/c1-24-20-43(38(48)41-36(24)46)34-18-30(45)32(54-34)23-53-57(50)56-31-19-35(44-21-25(2)37(47)42-39(44)49)55-33(31)22-52-40(26-10-6-4-7-11-26,27-12-8-5-9-13-27)28-14-16-29(51-3)17-15-28/h4-17,20-21,30-35,45H,18-19,22-23H2,1-3H3,(H-,41,42,46,47,48,49)/p+1/t30-,31-,32+,33+,34+,35+/m0/s1. The summed E-state index contributed by atoms with van der Waals surface area (Å²) >= 11 is 0. The lowest BCUT2D eigenvalue weighted by Gasteiger charge is -2.37. The Morgan fingerprint density at radius 3 is 1.79 bits per heavy atom. The molecule has 0 saturated carbocycles. The molecule has 16 nitrogen and oxygen atoms in total. The molecule has 5 aromatic rings. The molecule has 57 heavy (non-hydrogen) atoms. The lowest BCUT2D eigenvalue weighted by molar-refractivity contribution is -0.0926. The molecule has 0 radical (unpaired) electrons. The second-order valence-corrected chi connectivity index (χ2v) is 14.8. The van der Waals surface area contributed by atoms with E-state index in [0.29, 0.717) is 5.75 Å². The summed E-state index contributed by atoms with van der Waals surface area (Å²) in [6.07, 6.45) is -3.02. The predicted molar refractivity (Wildman–Crippen MR) is 205 cm³/mol. The van der Waals surface area contributed by atoms with Crippen molar-refractivity contribution in [3.05, 3.63) is 167 Å². The minimum absolute atomic E-state index is 0.0146. The van der Waals surface area contributed by atoms with E-state index in [-0.39, 0.29) is 37.2 Å². The van der Waals surface area contributed by atoms with Crippen molar-refractivity contribution < 1.29 is 37.7 Å². The number of benzene rings is 3. The van der Waals surface area contributed by atoms with Crippen LogP contribution in [0.1, 0.15) is 53.1 Å². The number of aromatic nitrogens is 4. The zero-order chi connectivity index (χ0) is 40.3. The zero-order valence-corrected chi connectivity index (χ0v) is 32.2. The van der Waals surface area contributed by atoms with Gasteiger partial charge in [0, 0.05) is 40.9 Å². The van der Waals surface area contributed by atoms with Gasteiger partial charge in [0.25, 0.3) is 11.1 Å². The molecular weight excluding hydrogens is 759 g/mol. The van der Waals surface area contributed by atoms with Gasteiger partial charge in [-0.05, 0) is 42.7 Å². The van der Waals surface area contributed by atoms with Crippen molar-refractivity contribution in [1.82, 2.24) is 19.1 Å². The van der Waals surface area contributed by atoms with Gasteiger partial charge >= 0.3 is 19.6 Å². The highest BCUT2D eigenvalue weighted by molar-refractivity contribution is 7.33. The fraction of sp³-hybridized carbons (Fsp3) is 0.350. The van der Waals surface area contributed by atoms with Gasteiger partial charge in [-0.2, -0.15) is 0 Å². The summed E-state index contributed by atoms with van der Waals surface area (Å²) in [6.45, 7) is 2.61. The van der Waals surface area contributed by atoms with E-state index in [9.17, 15) is 28.8 Å². The number of aromatic amines is 2. The summed E-state index contributed by atoms with van der Waals surface area (Å²) in [6, 6.07) is 26.8. The molecule has 0 bridgehead atoms. The van der Waals surface area contributed by atoms with Crippen LogP contribution in [0.25, 0.3) is 0 Å². The number of aryl methyl sites for hydroxylation is 2. The number of hydrogen-bond acceptors (Lipinski definition) is 12. The first-order valence-corrected chi connectivity index (χ1v) is 19.4. The molecule has 1 unspecified atom stereocenters. The summed E-state index contributed by atoms with van der Waals surface area (Å²) in [7, 11) is -1.29. The Morgan fingerprint density at radius 1 is 0.737 bits per heavy atom. The van der Waals surface area contributed by atoms with Crippen molar-refractivity contribution in [2.24, 2.45) is 0 Å². The van der Waals surface area contributed by atoms with Crippen LogP contribution in [0.2, 0.25) is 0 Å². The van der Waals surface area contributed by atoms with Crippen LogP contribution >= 0.6 is 8.25 Å². The van der Waals surface area contributed by atoms with Crippen molar-refractivity contribution in [2.45, 2.75) is 69.2 Å². The van der Waals surface area contributed by atoms with E-state index in [1.807, 2.05) is 84.9 Å². The molecule has 7 rings (SSSR count). The number of nitrogens with one attached hydrogen (secondary N) is 2. The molecule has 2 aromatic heterocycles. The van der Waals surface area contributed by atoms with E-state index < -0.39 is 73.2 Å². The highest BCUT2D eigenvalue weighted by Gasteiger charge is 2.47. The molecular formula is C40H42N4O12P+. The number of H-pyrrole nitrogens is 2. The number of aliphatic hydroxyl groups excluding tert-OH is 1. The molecule has 0 amide bonds. The SMILES string of the molecule is COc1ccc(C(OC[C@H]2O[C@@H](n3cc(C)c(=O)[nH]c3=O)C[C@@H]2O[P+](=O)OC[C@H]2O[C@@H](n3cc(C)c(=O)[nH]c3=O)C[C@@H]2O)(c2ccccc2)c2ccccc2)cc1. The van der Waals surface area contributed by atoms with Crippen molar-refractivity contribution in [3.63, 3.8) is 0 Å². The Kier molecular flexibility index (Phi) is 11.9. The fourth-order valence-corrected chi connectivity index (χ4v) is 7.94. The second-order valence-electron chi connectivity index (χ2n) is 13.9. The maximum absolute atomic E-state index is 13.5. The molecule has 2 aliphatic heterocycles. The van der Waals surface area contributed by atoms with Gasteiger partial charge in [0.15, 0.2) is 0 Å². The molecule has 298 valence electrons. The molecule has 4 heterocycles. The predicted octanol–water partition coefficient (Wildman–Crippen LogP) is 3.72. The fourth-order valence-electron chi connectivity index (χ4n) is 7.17. The number of aliphatic hydroxyl groups is 1. The van der Waals surface area contributed by atoms with Crippen LogP contribution in [0.5, 0.6) is 5.75 Å². The molecule has 0 spiro atoms. The minimum atomic E-state index is -2.87. The van der Waals surface area contributed by atoms with E-state index in [2.05, 4.69) is 9.97 Å². The third-order valence-corrected chi connectivity index (χ3v) is 11.0. The summed E-state index contributed by atoms with van der Waals surface area (Å²) in [5.74, 6) is 0.654. The molecule has 17 heteroatoms. The van der Waals surface area contributed by atoms with E-state index in [0.717, 1.165) is 16.7 Å². The Labute approximate surface area is 326 Å². The summed E-state index contributed by atoms with van der Waals surface area (Å²) < 4.78 is 52.2. The van der Waals surface area contributed by atoms with E-state index in [4.69, 9.17) is 28.0 Å². The highest BCUT2D eigenvalue weighted by atomic mass is 31.1. The van der Waals surface area contributed by atoms with Crippen molar-refractivity contribution >= 4 is 8.25 Å². The van der Waals surface area contributed by atoms with Crippen LogP contribution in [0.3, 0.4) is 0 Å². The quantitative estimate of drug-likeness (QED) is 0.109. The van der Waals surface area contributed by atoms with E-state index >= 15 is 0 Å². The first-order valence-electron chi connectivity index (χ1n) is 18.3. The van der Waals surface area contributed by atoms with E-state index in [1.165, 1.54) is 28.5 Å². The van der Waals surface area contributed by atoms with Crippen LogP contribution in [-0.2, 0) is 33.4 Å². The van der Waals surface area contributed by atoms with Gasteiger partial charge in [-0.15, -0.1) is 9.05 Å². The minimum Gasteiger partial charge on any atom is -0.497 e. The maximum atomic E-state index is 13.5. The molecule has 2 saturated heterocycles. The van der Waals surface area contributed by atoms with Gasteiger partial charge in [0.1, 0.15) is 48.7 Å². The highest BCUT2D eigenvalue weighted by Crippen LogP contribution is 2.44. The number of ether oxygens (including phenoxy) is 4. The maximum Gasteiger partial charge on any atom is 0.697 e. The summed E-state index contributed by atoms with van der Waals surface area (Å²) in [5, 5.41) is 10.7. The number of rotatable bonds is 14. The van der Waals surface area contributed by atoms with E-state index in [1.54, 1.807) is 14.0 Å². The largest absolute Gasteiger partial charge is 0.697 e. The second kappa shape index (κ2) is 17.0. The van der Waals surface area contributed by atoms with Crippen LogP contribution in [0.15, 0.2) is 117 Å². The lowest BCUT2D eigenvalue weighted by Crippen LogP contribution is -2.38. The van der Waals surface area contributed by atoms with Gasteiger partial charge < -0.3 is 24.1 Å². The number of methoxy groups -OCH3 is 1. The van der Waals surface area contributed by atoms with Gasteiger partial charge in [0.2, 0.25) is 0 Å². The zero-order valence-electron chi connectivity index (χ0n) is 31.3. The Morgan fingerprint density at radius 2 is 1.25 bits per heavy atom. The molecule has 0 aliphatic carbocycles. The van der Waals surface area contributed by atoms with Crippen LogP contribution < -0.4 is 27.2 Å². The normalized spacial score (nSPS) is 22.4. The molecule has 2 fully saturated rings. The first kappa shape index (κ1) is 39.9. The lowest BCUT2D eigenvalue weighted by atomic mass is 9.80. The summed E-state index contributed by atoms with van der Waals surface area (Å²) in [5.41, 5.74) is -0.689. The van der Waals surface area contributed by atoms with Gasteiger partial charge in [0.05, 0.1) is 19.8 Å². The third kappa shape index (κ3) is 8.38. The summed E-state index contributed by atoms with van der Waals surface area (Å²) in [4.78, 5) is 54.0. The third-order valence-electron chi connectivity index (χ3n) is 10.2. The van der Waals surface area contributed by atoms with Gasteiger partial charge in [-0.1, -0.05) is 72.8 Å². The number of nitrogens with zero attached hydrogens (tertiary/aromatic N) is 2. The average molecular weight is 802 g/mol. The average Bonchev–Trinajstić information content (AvgIpc) is 3.79. The molecule has 3 N–H and O–H groups in total. The van der Waals surface area contributed by atoms with Crippen molar-refractivity contribution in [2.75, 3.05) is 20.3 Å². The monoisotopic (exact) mass is 801 g/mol. The van der Waals surface area contributed by atoms with Crippen LogP contribution in [0, 0.1) is 13.8 Å².